The molecule has 1 amide bonds. The quantitative estimate of drug-likeness (QED) is 0.714. The average molecular weight is 379 g/mol. The maximum absolute atomic E-state index is 13.0. The molecule has 1 aliphatic heterocycles. The van der Waals surface area contributed by atoms with Crippen molar-refractivity contribution >= 4 is 11.7 Å². The number of benzene rings is 1. The summed E-state index contributed by atoms with van der Waals surface area (Å²) in [5, 5.41) is 10.5. The van der Waals surface area contributed by atoms with Crippen LogP contribution in [0.4, 0.5) is 10.2 Å². The van der Waals surface area contributed by atoms with Crippen LogP contribution in [0.3, 0.4) is 0 Å². The van der Waals surface area contributed by atoms with Gasteiger partial charge in [-0.15, -0.1) is 0 Å². The Hall–Kier alpha value is -3.22. The first-order valence-electron chi connectivity index (χ1n) is 9.43. The first kappa shape index (κ1) is 18.2. The van der Waals surface area contributed by atoms with Crippen LogP contribution < -0.4 is 10.2 Å². The molecule has 1 saturated heterocycles. The molecule has 0 saturated carbocycles. The predicted molar refractivity (Wildman–Crippen MR) is 105 cm³/mol. The molecule has 2 aromatic heterocycles. The molecule has 1 aromatic carbocycles. The van der Waals surface area contributed by atoms with Crippen molar-refractivity contribution in [2.24, 2.45) is 5.92 Å². The Morgan fingerprint density at radius 2 is 1.86 bits per heavy atom. The molecular formula is C21H22FN5O. The van der Waals surface area contributed by atoms with E-state index in [0.29, 0.717) is 18.0 Å². The lowest BCUT2D eigenvalue weighted by atomic mass is 9.96. The lowest BCUT2D eigenvalue weighted by Crippen LogP contribution is -2.38. The summed E-state index contributed by atoms with van der Waals surface area (Å²) in [6.07, 6.45) is 5.51. The molecule has 1 aliphatic rings. The Morgan fingerprint density at radius 1 is 1.14 bits per heavy atom. The van der Waals surface area contributed by atoms with E-state index in [1.165, 1.54) is 24.3 Å². The highest BCUT2D eigenvalue weighted by atomic mass is 19.1. The summed E-state index contributed by atoms with van der Waals surface area (Å²) in [6, 6.07) is 11.6. The Morgan fingerprint density at radius 3 is 2.57 bits per heavy atom. The van der Waals surface area contributed by atoms with Gasteiger partial charge in [-0.1, -0.05) is 0 Å². The van der Waals surface area contributed by atoms with Crippen LogP contribution in [0.5, 0.6) is 0 Å². The number of carbonyl (C=O) groups is 1. The fourth-order valence-corrected chi connectivity index (χ4v) is 3.46. The molecule has 7 heteroatoms. The van der Waals surface area contributed by atoms with Crippen molar-refractivity contribution in [3.63, 3.8) is 0 Å². The van der Waals surface area contributed by atoms with Crippen LogP contribution in [0.2, 0.25) is 0 Å². The first-order valence-corrected chi connectivity index (χ1v) is 9.43. The molecule has 3 aromatic rings. The highest BCUT2D eigenvalue weighted by molar-refractivity contribution is 5.94. The molecule has 0 unspecified atom stereocenters. The van der Waals surface area contributed by atoms with Gasteiger partial charge in [-0.3, -0.25) is 14.9 Å². The standard InChI is InChI=1S/C21H22FN5O/c22-18-3-1-17(2-4-18)21(28)24-14-15-7-11-27(12-8-15)20-13-19(25-26-20)16-5-9-23-10-6-16/h1-6,9-10,13,15H,7-8,11-12,14H2,(H,24,28)(H,25,26). The number of nitrogens with zero attached hydrogens (tertiary/aromatic N) is 3. The van der Waals surface area contributed by atoms with Crippen molar-refractivity contribution in [3.05, 3.63) is 66.2 Å². The summed E-state index contributed by atoms with van der Waals surface area (Å²) in [7, 11) is 0. The third-order valence-electron chi connectivity index (χ3n) is 5.15. The van der Waals surface area contributed by atoms with Crippen molar-refractivity contribution in [3.8, 4) is 11.3 Å². The molecule has 4 rings (SSSR count). The fourth-order valence-electron chi connectivity index (χ4n) is 3.46. The molecule has 3 heterocycles. The van der Waals surface area contributed by atoms with Crippen LogP contribution in [0.25, 0.3) is 11.3 Å². The van der Waals surface area contributed by atoms with Crippen LogP contribution in [0.1, 0.15) is 23.2 Å². The molecule has 0 spiro atoms. The Balaban J connectivity index is 1.27. The number of aromatic amines is 1. The summed E-state index contributed by atoms with van der Waals surface area (Å²) >= 11 is 0. The number of aromatic nitrogens is 3. The summed E-state index contributed by atoms with van der Waals surface area (Å²) < 4.78 is 13.0. The van der Waals surface area contributed by atoms with Gasteiger partial charge >= 0.3 is 0 Å². The third-order valence-corrected chi connectivity index (χ3v) is 5.15. The molecule has 144 valence electrons. The van der Waals surface area contributed by atoms with Gasteiger partial charge in [0.05, 0.1) is 5.69 Å². The van der Waals surface area contributed by atoms with E-state index in [9.17, 15) is 9.18 Å². The van der Waals surface area contributed by atoms with E-state index in [-0.39, 0.29) is 11.7 Å². The number of amides is 1. The molecule has 2 N–H and O–H groups in total. The van der Waals surface area contributed by atoms with Gasteiger partial charge in [0.25, 0.3) is 5.91 Å². The minimum absolute atomic E-state index is 0.156. The molecule has 6 nitrogen and oxygen atoms in total. The summed E-state index contributed by atoms with van der Waals surface area (Å²) in [5.41, 5.74) is 2.53. The maximum atomic E-state index is 13.0. The van der Waals surface area contributed by atoms with E-state index in [1.54, 1.807) is 12.4 Å². The number of pyridine rings is 1. The summed E-state index contributed by atoms with van der Waals surface area (Å²) in [5.74, 6) is 0.881. The van der Waals surface area contributed by atoms with Gasteiger partial charge in [0.2, 0.25) is 0 Å². The number of anilines is 1. The number of piperidine rings is 1. The van der Waals surface area contributed by atoms with Gasteiger partial charge in [0.1, 0.15) is 5.82 Å². The molecule has 0 atom stereocenters. The smallest absolute Gasteiger partial charge is 0.251 e. The molecule has 0 aliphatic carbocycles. The number of rotatable bonds is 5. The first-order chi connectivity index (χ1) is 13.7. The number of halogens is 1. The molecule has 0 bridgehead atoms. The second kappa shape index (κ2) is 8.21. The molecule has 0 radical (unpaired) electrons. The van der Waals surface area contributed by atoms with Crippen molar-refractivity contribution in [1.29, 1.82) is 0 Å². The fraction of sp³-hybridized carbons (Fsp3) is 0.286. The van der Waals surface area contributed by atoms with Crippen molar-refractivity contribution < 1.29 is 9.18 Å². The third kappa shape index (κ3) is 4.19. The highest BCUT2D eigenvalue weighted by Crippen LogP contribution is 2.25. The zero-order valence-corrected chi connectivity index (χ0v) is 15.4. The maximum Gasteiger partial charge on any atom is 0.251 e. The monoisotopic (exact) mass is 379 g/mol. The number of H-pyrrole nitrogens is 1. The highest BCUT2D eigenvalue weighted by Gasteiger charge is 2.22. The summed E-state index contributed by atoms with van der Waals surface area (Å²) in [6.45, 7) is 2.43. The Kier molecular flexibility index (Phi) is 5.32. The zero-order chi connectivity index (χ0) is 19.3. The van der Waals surface area contributed by atoms with Gasteiger partial charge in [-0.05, 0) is 55.2 Å². The average Bonchev–Trinajstić information content (AvgIpc) is 3.24. The van der Waals surface area contributed by atoms with Crippen LogP contribution in [-0.4, -0.2) is 40.7 Å². The predicted octanol–water partition coefficient (Wildman–Crippen LogP) is 3.26. The normalized spacial score (nSPS) is 14.8. The van der Waals surface area contributed by atoms with E-state index < -0.39 is 0 Å². The van der Waals surface area contributed by atoms with Crippen LogP contribution >= 0.6 is 0 Å². The lowest BCUT2D eigenvalue weighted by molar-refractivity contribution is 0.0945. The van der Waals surface area contributed by atoms with E-state index >= 15 is 0 Å². The number of hydrogen-bond donors (Lipinski definition) is 2. The van der Waals surface area contributed by atoms with Crippen LogP contribution in [0.15, 0.2) is 54.9 Å². The van der Waals surface area contributed by atoms with E-state index in [1.807, 2.05) is 12.1 Å². The van der Waals surface area contributed by atoms with Gasteiger partial charge < -0.3 is 10.2 Å². The second-order valence-corrected chi connectivity index (χ2v) is 7.02. The molecule has 1 fully saturated rings. The van der Waals surface area contributed by atoms with Gasteiger partial charge in [-0.25, -0.2) is 4.39 Å². The van der Waals surface area contributed by atoms with Crippen molar-refractivity contribution in [1.82, 2.24) is 20.5 Å². The van der Waals surface area contributed by atoms with Gasteiger partial charge in [0.15, 0.2) is 5.82 Å². The topological polar surface area (TPSA) is 73.9 Å². The minimum Gasteiger partial charge on any atom is -0.355 e. The van der Waals surface area contributed by atoms with Crippen molar-refractivity contribution in [2.45, 2.75) is 12.8 Å². The second-order valence-electron chi connectivity index (χ2n) is 7.02. The zero-order valence-electron chi connectivity index (χ0n) is 15.4. The minimum atomic E-state index is -0.339. The Labute approximate surface area is 162 Å². The SMILES string of the molecule is O=C(NCC1CCN(c2cc(-c3ccncc3)[nH]n2)CC1)c1ccc(F)cc1. The summed E-state index contributed by atoms with van der Waals surface area (Å²) in [4.78, 5) is 18.5. The van der Waals surface area contributed by atoms with Crippen LogP contribution in [0, 0.1) is 11.7 Å². The Bertz CT molecular complexity index is 917. The number of nitrogens with one attached hydrogen (secondary N) is 2. The molecular weight excluding hydrogens is 357 g/mol. The van der Waals surface area contributed by atoms with E-state index in [0.717, 1.165) is 43.0 Å². The van der Waals surface area contributed by atoms with E-state index in [2.05, 4.69) is 31.5 Å². The largest absolute Gasteiger partial charge is 0.355 e. The van der Waals surface area contributed by atoms with E-state index in [4.69, 9.17) is 0 Å². The van der Waals surface area contributed by atoms with Gasteiger partial charge in [0, 0.05) is 49.2 Å². The van der Waals surface area contributed by atoms with Crippen molar-refractivity contribution in [2.75, 3.05) is 24.5 Å². The molecule has 28 heavy (non-hydrogen) atoms. The number of carbonyl (C=O) groups excluding carboxylic acids is 1. The van der Waals surface area contributed by atoms with Gasteiger partial charge in [-0.2, -0.15) is 5.10 Å². The lowest BCUT2D eigenvalue weighted by Gasteiger charge is -2.32. The number of hydrogen-bond acceptors (Lipinski definition) is 4. The van der Waals surface area contributed by atoms with Crippen LogP contribution in [-0.2, 0) is 0 Å².